The molecule has 128 valence electrons. The second kappa shape index (κ2) is 6.44. The van der Waals surface area contributed by atoms with Gasteiger partial charge < -0.3 is 5.11 Å². The van der Waals surface area contributed by atoms with Crippen LogP contribution in [0.15, 0.2) is 40.8 Å². The van der Waals surface area contributed by atoms with E-state index in [-0.39, 0.29) is 12.1 Å². The zero-order chi connectivity index (χ0) is 18.1. The molecule has 2 aromatic heterocycles. The van der Waals surface area contributed by atoms with Gasteiger partial charge in [0.05, 0.1) is 16.6 Å². The molecule has 0 saturated carbocycles. The summed E-state index contributed by atoms with van der Waals surface area (Å²) in [6, 6.07) is 4.85. The number of thiophene rings is 1. The van der Waals surface area contributed by atoms with Gasteiger partial charge in [0.2, 0.25) is 0 Å². The average Bonchev–Trinajstić information content (AvgIpc) is 3.02. The van der Waals surface area contributed by atoms with E-state index in [0.29, 0.717) is 21.3 Å². The summed E-state index contributed by atoms with van der Waals surface area (Å²) in [4.78, 5) is 39.2. The molecule has 25 heavy (non-hydrogen) atoms. The first kappa shape index (κ1) is 16.8. The SMILES string of the molecule is CCC(C(=O)O)n1cnc2scc(-c3ccc([N+](=O)[O-])cc3)c2c1=O. The van der Waals surface area contributed by atoms with Crippen LogP contribution in [0.3, 0.4) is 0 Å². The van der Waals surface area contributed by atoms with Gasteiger partial charge >= 0.3 is 5.97 Å². The van der Waals surface area contributed by atoms with Crippen molar-refractivity contribution >= 4 is 33.2 Å². The number of carbonyl (C=O) groups is 1. The molecule has 1 aromatic carbocycles. The predicted octanol–water partition coefficient (Wildman–Crippen LogP) is 3.07. The van der Waals surface area contributed by atoms with Crippen molar-refractivity contribution in [3.63, 3.8) is 0 Å². The van der Waals surface area contributed by atoms with Crippen molar-refractivity contribution in [3.05, 3.63) is 56.4 Å². The Kier molecular flexibility index (Phi) is 4.32. The number of hydrogen-bond donors (Lipinski definition) is 1. The molecule has 0 aliphatic carbocycles. The number of aliphatic carboxylic acids is 1. The smallest absolute Gasteiger partial charge is 0.326 e. The molecule has 1 N–H and O–H groups in total. The minimum Gasteiger partial charge on any atom is -0.480 e. The lowest BCUT2D eigenvalue weighted by molar-refractivity contribution is -0.384. The van der Waals surface area contributed by atoms with Crippen molar-refractivity contribution in [1.82, 2.24) is 9.55 Å². The van der Waals surface area contributed by atoms with Gasteiger partial charge in [-0.25, -0.2) is 9.78 Å². The summed E-state index contributed by atoms with van der Waals surface area (Å²) in [5.74, 6) is -1.10. The number of carboxylic acids is 1. The normalized spacial score (nSPS) is 12.2. The number of nitro benzene ring substituents is 1. The number of rotatable bonds is 5. The number of benzene rings is 1. The molecule has 2 heterocycles. The van der Waals surface area contributed by atoms with Crippen molar-refractivity contribution in [3.8, 4) is 11.1 Å². The molecule has 0 spiro atoms. The van der Waals surface area contributed by atoms with Crippen LogP contribution >= 0.6 is 11.3 Å². The summed E-state index contributed by atoms with van der Waals surface area (Å²) in [7, 11) is 0. The topological polar surface area (TPSA) is 115 Å². The molecule has 1 atom stereocenters. The van der Waals surface area contributed by atoms with Crippen molar-refractivity contribution in [2.75, 3.05) is 0 Å². The summed E-state index contributed by atoms with van der Waals surface area (Å²) in [6.45, 7) is 1.68. The van der Waals surface area contributed by atoms with Gasteiger partial charge in [0, 0.05) is 23.1 Å². The van der Waals surface area contributed by atoms with E-state index >= 15 is 0 Å². The van der Waals surface area contributed by atoms with Crippen LogP contribution < -0.4 is 5.56 Å². The van der Waals surface area contributed by atoms with Crippen LogP contribution in [0.2, 0.25) is 0 Å². The van der Waals surface area contributed by atoms with Crippen molar-refractivity contribution in [1.29, 1.82) is 0 Å². The van der Waals surface area contributed by atoms with Crippen molar-refractivity contribution in [2.45, 2.75) is 19.4 Å². The van der Waals surface area contributed by atoms with E-state index in [1.807, 2.05) is 0 Å². The van der Waals surface area contributed by atoms with Crippen LogP contribution in [0.5, 0.6) is 0 Å². The number of nitro groups is 1. The Labute approximate surface area is 145 Å². The molecular weight excluding hydrogens is 346 g/mol. The molecule has 1 unspecified atom stereocenters. The van der Waals surface area contributed by atoms with Crippen LogP contribution in [0, 0.1) is 10.1 Å². The Morgan fingerprint density at radius 2 is 2.08 bits per heavy atom. The second-order valence-corrected chi connectivity index (χ2v) is 6.21. The number of aromatic nitrogens is 2. The number of non-ortho nitro benzene ring substituents is 1. The summed E-state index contributed by atoms with van der Waals surface area (Å²) in [6.07, 6.45) is 1.50. The quantitative estimate of drug-likeness (QED) is 0.553. The van der Waals surface area contributed by atoms with E-state index in [1.54, 1.807) is 24.4 Å². The van der Waals surface area contributed by atoms with E-state index in [4.69, 9.17) is 0 Å². The zero-order valence-corrected chi connectivity index (χ0v) is 13.9. The molecule has 3 rings (SSSR count). The van der Waals surface area contributed by atoms with Crippen LogP contribution in [0.1, 0.15) is 19.4 Å². The third-order valence-electron chi connectivity index (χ3n) is 3.92. The van der Waals surface area contributed by atoms with E-state index in [0.717, 1.165) is 4.57 Å². The van der Waals surface area contributed by atoms with Crippen LogP contribution in [-0.4, -0.2) is 25.6 Å². The van der Waals surface area contributed by atoms with Crippen LogP contribution in [-0.2, 0) is 4.79 Å². The molecule has 0 radical (unpaired) electrons. The van der Waals surface area contributed by atoms with E-state index in [1.165, 1.54) is 29.8 Å². The van der Waals surface area contributed by atoms with Gasteiger partial charge in [-0.15, -0.1) is 11.3 Å². The monoisotopic (exact) mass is 359 g/mol. The molecule has 0 amide bonds. The lowest BCUT2D eigenvalue weighted by Crippen LogP contribution is -2.29. The minimum absolute atomic E-state index is 0.0456. The average molecular weight is 359 g/mol. The zero-order valence-electron chi connectivity index (χ0n) is 13.1. The Bertz CT molecular complexity index is 1020. The first-order chi connectivity index (χ1) is 11.9. The number of nitrogens with zero attached hydrogens (tertiary/aromatic N) is 3. The lowest BCUT2D eigenvalue weighted by Gasteiger charge is -2.13. The van der Waals surface area contributed by atoms with Gasteiger partial charge in [0.1, 0.15) is 10.9 Å². The molecule has 0 aliphatic heterocycles. The van der Waals surface area contributed by atoms with Gasteiger partial charge in [-0.2, -0.15) is 0 Å². The summed E-state index contributed by atoms with van der Waals surface area (Å²) >= 11 is 1.26. The number of hydrogen-bond acceptors (Lipinski definition) is 6. The number of carboxylic acid groups (broad SMARTS) is 1. The van der Waals surface area contributed by atoms with Gasteiger partial charge in [0.15, 0.2) is 0 Å². The maximum Gasteiger partial charge on any atom is 0.326 e. The summed E-state index contributed by atoms with van der Waals surface area (Å²) < 4.78 is 1.12. The van der Waals surface area contributed by atoms with E-state index < -0.39 is 22.5 Å². The van der Waals surface area contributed by atoms with Gasteiger partial charge in [-0.05, 0) is 24.1 Å². The highest BCUT2D eigenvalue weighted by atomic mass is 32.1. The van der Waals surface area contributed by atoms with Gasteiger partial charge in [-0.1, -0.05) is 6.92 Å². The fourth-order valence-electron chi connectivity index (χ4n) is 2.63. The molecule has 0 aliphatic rings. The van der Waals surface area contributed by atoms with Crippen molar-refractivity contribution in [2.24, 2.45) is 0 Å². The van der Waals surface area contributed by atoms with Gasteiger partial charge in [-0.3, -0.25) is 19.5 Å². The Morgan fingerprint density at radius 3 is 2.64 bits per heavy atom. The highest BCUT2D eigenvalue weighted by molar-refractivity contribution is 7.17. The molecule has 3 aromatic rings. The molecule has 0 saturated heterocycles. The minimum atomic E-state index is -1.10. The fraction of sp³-hybridized carbons (Fsp3) is 0.188. The fourth-order valence-corrected chi connectivity index (χ4v) is 3.54. The molecular formula is C16H13N3O5S. The summed E-state index contributed by atoms with van der Waals surface area (Å²) in [5.41, 5.74) is 0.739. The largest absolute Gasteiger partial charge is 0.480 e. The van der Waals surface area contributed by atoms with Gasteiger partial charge in [0.25, 0.3) is 11.2 Å². The Hall–Kier alpha value is -3.07. The molecule has 9 heteroatoms. The van der Waals surface area contributed by atoms with E-state index in [9.17, 15) is 24.8 Å². The predicted molar refractivity (Wildman–Crippen MR) is 92.9 cm³/mol. The van der Waals surface area contributed by atoms with Crippen LogP contribution in [0.4, 0.5) is 5.69 Å². The Balaban J connectivity index is 2.19. The Morgan fingerprint density at radius 1 is 1.40 bits per heavy atom. The first-order valence-corrected chi connectivity index (χ1v) is 8.28. The van der Waals surface area contributed by atoms with Crippen molar-refractivity contribution < 1.29 is 14.8 Å². The maximum atomic E-state index is 12.8. The molecule has 0 fully saturated rings. The van der Waals surface area contributed by atoms with Crippen LogP contribution in [0.25, 0.3) is 21.3 Å². The first-order valence-electron chi connectivity index (χ1n) is 7.40. The third kappa shape index (κ3) is 2.89. The molecule has 0 bridgehead atoms. The highest BCUT2D eigenvalue weighted by Gasteiger charge is 2.22. The van der Waals surface area contributed by atoms with E-state index in [2.05, 4.69) is 4.98 Å². The maximum absolute atomic E-state index is 12.8. The second-order valence-electron chi connectivity index (χ2n) is 5.35. The summed E-state index contributed by atoms with van der Waals surface area (Å²) in [5, 5.41) is 22.1. The molecule has 8 nitrogen and oxygen atoms in total. The third-order valence-corrected chi connectivity index (χ3v) is 4.80. The number of fused-ring (bicyclic) bond motifs is 1. The highest BCUT2D eigenvalue weighted by Crippen LogP contribution is 2.31. The standard InChI is InChI=1S/C16H13N3O5S/c1-2-12(16(21)22)18-8-17-14-13(15(18)20)11(7-25-14)9-3-5-10(6-4-9)19(23)24/h3-8,12H,2H2,1H3,(H,21,22). The lowest BCUT2D eigenvalue weighted by atomic mass is 10.1.